The van der Waals surface area contributed by atoms with E-state index in [9.17, 15) is 14.3 Å². The maximum absolute atomic E-state index is 13.1. The smallest absolute Gasteiger partial charge is 0.255 e. The average Bonchev–Trinajstić information content (AvgIpc) is 3.04. The number of aromatic nitrogens is 1. The van der Waals surface area contributed by atoms with E-state index in [-0.39, 0.29) is 11.7 Å². The van der Waals surface area contributed by atoms with E-state index in [1.807, 2.05) is 34.8 Å². The highest BCUT2D eigenvalue weighted by molar-refractivity contribution is 5.96. The molecule has 0 bridgehead atoms. The van der Waals surface area contributed by atoms with Crippen molar-refractivity contribution in [1.82, 2.24) is 14.4 Å². The molecule has 2 aromatic rings. The predicted molar refractivity (Wildman–Crippen MR) is 106 cm³/mol. The zero-order chi connectivity index (χ0) is 19.7. The van der Waals surface area contributed by atoms with Gasteiger partial charge in [0.25, 0.3) is 5.91 Å². The lowest BCUT2D eigenvalue weighted by atomic mass is 10.1. The van der Waals surface area contributed by atoms with Crippen LogP contribution < -0.4 is 4.90 Å². The second-order valence-corrected chi connectivity index (χ2v) is 7.63. The van der Waals surface area contributed by atoms with E-state index >= 15 is 0 Å². The van der Waals surface area contributed by atoms with Gasteiger partial charge in [-0.1, -0.05) is 0 Å². The summed E-state index contributed by atoms with van der Waals surface area (Å²) < 4.78 is 14.9. The fourth-order valence-electron chi connectivity index (χ4n) is 4.18. The summed E-state index contributed by atoms with van der Waals surface area (Å²) in [6.07, 6.45) is 1.81. The van der Waals surface area contributed by atoms with Crippen molar-refractivity contribution < 1.29 is 14.3 Å². The number of carbonyl (C=O) groups is 1. The number of rotatable bonds is 4. The lowest BCUT2D eigenvalue weighted by Crippen LogP contribution is -2.49. The highest BCUT2D eigenvalue weighted by Crippen LogP contribution is 2.27. The van der Waals surface area contributed by atoms with Gasteiger partial charge in [-0.05, 0) is 36.8 Å². The lowest BCUT2D eigenvalue weighted by Gasteiger charge is -2.37. The Morgan fingerprint density at radius 1 is 1.04 bits per heavy atom. The molecule has 0 radical (unpaired) electrons. The summed E-state index contributed by atoms with van der Waals surface area (Å²) in [7, 11) is 1.87. The first-order chi connectivity index (χ1) is 13.5. The van der Waals surface area contributed by atoms with Crippen molar-refractivity contribution in [2.75, 3.05) is 50.7 Å². The number of aliphatic hydroxyl groups is 1. The van der Waals surface area contributed by atoms with Gasteiger partial charge in [0, 0.05) is 64.7 Å². The molecule has 1 saturated heterocycles. The maximum atomic E-state index is 13.1. The largest absolute Gasteiger partial charge is 0.387 e. The summed E-state index contributed by atoms with van der Waals surface area (Å²) in [5.74, 6) is -0.201. The third-order valence-corrected chi connectivity index (χ3v) is 5.88. The summed E-state index contributed by atoms with van der Waals surface area (Å²) in [4.78, 5) is 19.4. The van der Waals surface area contributed by atoms with E-state index in [0.717, 1.165) is 44.1 Å². The molecule has 2 aliphatic rings. The molecule has 0 saturated carbocycles. The summed E-state index contributed by atoms with van der Waals surface area (Å²) in [6.45, 7) is 5.67. The fraction of sp³-hybridized carbons (Fsp3) is 0.476. The van der Waals surface area contributed by atoms with E-state index in [1.165, 1.54) is 12.1 Å². The minimum absolute atomic E-state index is 0.0112. The SMILES string of the molecule is Cn1ccc2c1C(O)CCN(CCN1CCN(c3ccc(F)cc3)CC1)C2=O. The van der Waals surface area contributed by atoms with Crippen molar-refractivity contribution in [2.24, 2.45) is 7.05 Å². The third-order valence-electron chi connectivity index (χ3n) is 5.88. The van der Waals surface area contributed by atoms with Gasteiger partial charge < -0.3 is 19.5 Å². The Balaban J connectivity index is 1.32. The number of amides is 1. The van der Waals surface area contributed by atoms with Crippen LogP contribution in [0.5, 0.6) is 0 Å². The van der Waals surface area contributed by atoms with Crippen LogP contribution in [0.3, 0.4) is 0 Å². The molecule has 1 fully saturated rings. The predicted octanol–water partition coefficient (Wildman–Crippen LogP) is 1.87. The zero-order valence-corrected chi connectivity index (χ0v) is 16.2. The Kier molecular flexibility index (Phi) is 5.37. The Hall–Kier alpha value is -2.38. The molecule has 0 spiro atoms. The van der Waals surface area contributed by atoms with Crippen molar-refractivity contribution in [3.05, 3.63) is 53.6 Å². The molecule has 1 aromatic heterocycles. The van der Waals surface area contributed by atoms with Gasteiger partial charge in [0.2, 0.25) is 0 Å². The second-order valence-electron chi connectivity index (χ2n) is 7.63. The monoisotopic (exact) mass is 386 g/mol. The van der Waals surface area contributed by atoms with Crippen molar-refractivity contribution in [2.45, 2.75) is 12.5 Å². The number of carbonyl (C=O) groups excluding carboxylic acids is 1. The van der Waals surface area contributed by atoms with Crippen molar-refractivity contribution in [3.63, 3.8) is 0 Å². The van der Waals surface area contributed by atoms with Gasteiger partial charge in [0.1, 0.15) is 5.82 Å². The Morgan fingerprint density at radius 2 is 1.75 bits per heavy atom. The lowest BCUT2D eigenvalue weighted by molar-refractivity contribution is 0.0723. The van der Waals surface area contributed by atoms with Gasteiger partial charge in [-0.25, -0.2) is 4.39 Å². The summed E-state index contributed by atoms with van der Waals surface area (Å²) in [5.41, 5.74) is 2.39. The van der Waals surface area contributed by atoms with Gasteiger partial charge in [-0.3, -0.25) is 9.69 Å². The molecule has 3 heterocycles. The molecular formula is C21H27FN4O2. The van der Waals surface area contributed by atoms with Crippen LogP contribution in [0.4, 0.5) is 10.1 Å². The molecule has 7 heteroatoms. The molecule has 28 heavy (non-hydrogen) atoms. The molecule has 6 nitrogen and oxygen atoms in total. The standard InChI is InChI=1S/C21H27FN4O2/c1-23-8-6-18-20(23)19(27)7-9-26(21(18)28)15-12-24-10-13-25(14-11-24)17-4-2-16(22)3-5-17/h2-6,8,19,27H,7,9-15H2,1H3. The number of fused-ring (bicyclic) bond motifs is 1. The third kappa shape index (κ3) is 3.77. The number of hydrogen-bond acceptors (Lipinski definition) is 4. The summed E-state index contributed by atoms with van der Waals surface area (Å²) in [6, 6.07) is 8.45. The van der Waals surface area contributed by atoms with Crippen LogP contribution in [-0.2, 0) is 7.05 Å². The van der Waals surface area contributed by atoms with Crippen LogP contribution in [0.25, 0.3) is 0 Å². The van der Waals surface area contributed by atoms with Crippen molar-refractivity contribution >= 4 is 11.6 Å². The number of aliphatic hydroxyl groups excluding tert-OH is 1. The van der Waals surface area contributed by atoms with Crippen molar-refractivity contribution in [1.29, 1.82) is 0 Å². The van der Waals surface area contributed by atoms with Gasteiger partial charge in [0.05, 0.1) is 17.4 Å². The van der Waals surface area contributed by atoms with Crippen LogP contribution in [0.15, 0.2) is 36.5 Å². The van der Waals surface area contributed by atoms with Crippen molar-refractivity contribution in [3.8, 4) is 0 Å². The summed E-state index contributed by atoms with van der Waals surface area (Å²) in [5, 5.41) is 10.4. The number of nitrogens with zero attached hydrogens (tertiary/aromatic N) is 4. The average molecular weight is 386 g/mol. The molecule has 150 valence electrons. The fourth-order valence-corrected chi connectivity index (χ4v) is 4.18. The number of anilines is 1. The minimum atomic E-state index is -0.594. The Labute approximate surface area is 164 Å². The van der Waals surface area contributed by atoms with E-state index < -0.39 is 6.10 Å². The first-order valence-corrected chi connectivity index (χ1v) is 9.88. The van der Waals surface area contributed by atoms with Gasteiger partial charge in [-0.2, -0.15) is 0 Å². The van der Waals surface area contributed by atoms with Crippen LogP contribution in [0.1, 0.15) is 28.6 Å². The van der Waals surface area contributed by atoms with Gasteiger partial charge in [0.15, 0.2) is 0 Å². The number of hydrogen-bond donors (Lipinski definition) is 1. The highest BCUT2D eigenvalue weighted by atomic mass is 19.1. The normalized spacial score (nSPS) is 21.0. The van der Waals surface area contributed by atoms with Gasteiger partial charge in [-0.15, -0.1) is 0 Å². The minimum Gasteiger partial charge on any atom is -0.387 e. The Bertz CT molecular complexity index is 827. The molecule has 4 rings (SSSR count). The molecular weight excluding hydrogens is 359 g/mol. The number of halogens is 1. The first-order valence-electron chi connectivity index (χ1n) is 9.88. The topological polar surface area (TPSA) is 52.0 Å². The zero-order valence-electron chi connectivity index (χ0n) is 16.2. The number of aryl methyl sites for hydroxylation is 1. The molecule has 1 atom stereocenters. The Morgan fingerprint density at radius 3 is 2.46 bits per heavy atom. The molecule has 1 aromatic carbocycles. The first kappa shape index (κ1) is 19.0. The number of benzene rings is 1. The number of piperazine rings is 1. The van der Waals surface area contributed by atoms with E-state index in [1.54, 1.807) is 6.07 Å². The van der Waals surface area contributed by atoms with Crippen LogP contribution in [-0.4, -0.2) is 71.2 Å². The molecule has 0 aliphatic carbocycles. The quantitative estimate of drug-likeness (QED) is 0.872. The van der Waals surface area contributed by atoms with E-state index in [2.05, 4.69) is 9.80 Å². The molecule has 1 amide bonds. The molecule has 1 unspecified atom stereocenters. The van der Waals surface area contributed by atoms with Gasteiger partial charge >= 0.3 is 0 Å². The van der Waals surface area contributed by atoms with Crippen LogP contribution >= 0.6 is 0 Å². The second kappa shape index (κ2) is 7.93. The van der Waals surface area contributed by atoms with Crippen LogP contribution in [0, 0.1) is 5.82 Å². The maximum Gasteiger partial charge on any atom is 0.255 e. The van der Waals surface area contributed by atoms with Crippen LogP contribution in [0.2, 0.25) is 0 Å². The molecule has 2 aliphatic heterocycles. The highest BCUT2D eigenvalue weighted by Gasteiger charge is 2.29. The molecule has 1 N–H and O–H groups in total. The summed E-state index contributed by atoms with van der Waals surface area (Å²) >= 11 is 0. The van der Waals surface area contributed by atoms with E-state index in [4.69, 9.17) is 0 Å². The van der Waals surface area contributed by atoms with E-state index in [0.29, 0.717) is 25.1 Å².